The van der Waals surface area contributed by atoms with Gasteiger partial charge in [-0.25, -0.2) is 0 Å². The van der Waals surface area contributed by atoms with E-state index in [0.29, 0.717) is 0 Å². The van der Waals surface area contributed by atoms with Crippen LogP contribution in [0, 0.1) is 5.92 Å². The van der Waals surface area contributed by atoms with Gasteiger partial charge < -0.3 is 5.11 Å². The van der Waals surface area contributed by atoms with Crippen molar-refractivity contribution in [2.45, 2.75) is 32.1 Å². The Morgan fingerprint density at radius 3 is 2.00 bits per heavy atom. The van der Waals surface area contributed by atoms with Crippen LogP contribution in [0.4, 0.5) is 0 Å². The van der Waals surface area contributed by atoms with Gasteiger partial charge in [0.05, 0.1) is 5.92 Å². The maximum absolute atomic E-state index is 10.4. The number of carboxylic acids is 1. The van der Waals surface area contributed by atoms with Crippen LogP contribution in [-0.4, -0.2) is 11.1 Å². The van der Waals surface area contributed by atoms with Gasteiger partial charge in [-0.3, -0.25) is 4.79 Å². The molecule has 0 amide bonds. The zero-order valence-corrected chi connectivity index (χ0v) is 7.25. The molecule has 0 aromatic carbocycles. The number of rotatable bonds is 1. The third-order valence-corrected chi connectivity index (χ3v) is 1.95. The zero-order chi connectivity index (χ0) is 6.69. The van der Waals surface area contributed by atoms with Gasteiger partial charge in [0.2, 0.25) is 0 Å². The first-order valence-corrected chi connectivity index (χ1v) is 3.53. The number of aliphatic carboxylic acids is 1. The Balaban J connectivity index is 0.000000810. The molecule has 0 aliphatic heterocycles. The third kappa shape index (κ3) is 2.86. The topological polar surface area (TPSA) is 37.3 Å². The second kappa shape index (κ2) is 4.94. The van der Waals surface area contributed by atoms with Gasteiger partial charge in [-0.05, 0) is 12.8 Å². The maximum atomic E-state index is 10.4. The van der Waals surface area contributed by atoms with E-state index in [-0.39, 0.29) is 28.3 Å². The third-order valence-electron chi connectivity index (χ3n) is 1.95. The predicted octanol–water partition coefficient (Wildman–Crippen LogP) is 1.65. The van der Waals surface area contributed by atoms with E-state index in [2.05, 4.69) is 0 Å². The molecule has 0 atom stereocenters. The molecule has 0 aromatic rings. The Bertz CT molecular complexity index is 108. The molecule has 0 bridgehead atoms. The molecular weight excluding hydrogens is 224 g/mol. The van der Waals surface area contributed by atoms with Crippen LogP contribution in [0.2, 0.25) is 0 Å². The van der Waals surface area contributed by atoms with Crippen molar-refractivity contribution in [3.63, 3.8) is 0 Å². The number of hydrogen-bond donors (Lipinski definition) is 1. The van der Waals surface area contributed by atoms with E-state index < -0.39 is 5.97 Å². The Morgan fingerprint density at radius 1 is 1.20 bits per heavy atom. The molecule has 0 spiro atoms. The second-order valence-electron chi connectivity index (χ2n) is 2.67. The van der Waals surface area contributed by atoms with Crippen LogP contribution in [0.1, 0.15) is 32.1 Å². The molecule has 1 aliphatic carbocycles. The van der Waals surface area contributed by atoms with Crippen LogP contribution in [0.5, 0.6) is 0 Å². The summed E-state index contributed by atoms with van der Waals surface area (Å²) in [6.45, 7) is 0. The molecule has 1 fully saturated rings. The monoisotopic (exact) mass is 235 g/mol. The first-order valence-electron chi connectivity index (χ1n) is 3.53. The Morgan fingerprint density at radius 2 is 1.70 bits per heavy atom. The average Bonchev–Trinajstić information content (AvgIpc) is 1.90. The van der Waals surface area contributed by atoms with Crippen molar-refractivity contribution >= 4 is 5.97 Å². The predicted molar refractivity (Wildman–Crippen MR) is 34.2 cm³/mol. The summed E-state index contributed by atoms with van der Waals surface area (Å²) in [6, 6.07) is 0. The fraction of sp³-hybridized carbons (Fsp3) is 0.857. The van der Waals surface area contributed by atoms with E-state index in [1.807, 2.05) is 0 Å². The van der Waals surface area contributed by atoms with Crippen LogP contribution in [0.3, 0.4) is 0 Å². The Hall–Kier alpha value is 0.210. The molecule has 1 radical (unpaired) electrons. The molecule has 2 nitrogen and oxygen atoms in total. The summed E-state index contributed by atoms with van der Waals surface area (Å²) in [6.07, 6.45) is 5.24. The fourth-order valence-electron chi connectivity index (χ4n) is 1.35. The minimum atomic E-state index is -0.602. The van der Waals surface area contributed by atoms with Crippen molar-refractivity contribution in [2.75, 3.05) is 0 Å². The molecule has 3 heteroatoms. The van der Waals surface area contributed by atoms with E-state index in [0.717, 1.165) is 25.7 Å². The molecule has 63 valence electrons. The van der Waals surface area contributed by atoms with Crippen molar-refractivity contribution in [2.24, 2.45) is 5.92 Å². The van der Waals surface area contributed by atoms with Crippen molar-refractivity contribution in [3.05, 3.63) is 0 Å². The summed E-state index contributed by atoms with van der Waals surface area (Å²) in [5.74, 6) is -0.631. The molecule has 0 heterocycles. The molecule has 0 aromatic heterocycles. The van der Waals surface area contributed by atoms with Crippen LogP contribution < -0.4 is 0 Å². The van der Waals surface area contributed by atoms with E-state index >= 15 is 0 Å². The summed E-state index contributed by atoms with van der Waals surface area (Å²) < 4.78 is 0. The minimum absolute atomic E-state index is 0. The first-order chi connectivity index (χ1) is 4.30. The summed E-state index contributed by atoms with van der Waals surface area (Å²) in [7, 11) is 0. The fourth-order valence-corrected chi connectivity index (χ4v) is 1.35. The van der Waals surface area contributed by atoms with Crippen LogP contribution in [0.25, 0.3) is 0 Å². The Kier molecular flexibility index (Phi) is 5.04. The standard InChI is InChI=1S/C7H12O2.Ag/c8-7(9)6-4-2-1-3-5-6;/h6H,1-5H2,(H,8,9);. The molecule has 1 aliphatic rings. The summed E-state index contributed by atoms with van der Waals surface area (Å²) in [5.41, 5.74) is 0. The second-order valence-corrected chi connectivity index (χ2v) is 2.67. The number of hydrogen-bond acceptors (Lipinski definition) is 1. The smallest absolute Gasteiger partial charge is 0.306 e. The number of carbonyl (C=O) groups is 1. The van der Waals surface area contributed by atoms with Gasteiger partial charge in [0.15, 0.2) is 0 Å². The van der Waals surface area contributed by atoms with Gasteiger partial charge >= 0.3 is 5.97 Å². The van der Waals surface area contributed by atoms with Crippen LogP contribution >= 0.6 is 0 Å². The molecular formula is C7H12AgO2. The van der Waals surface area contributed by atoms with E-state index in [4.69, 9.17) is 5.11 Å². The summed E-state index contributed by atoms with van der Waals surface area (Å²) in [4.78, 5) is 10.4. The van der Waals surface area contributed by atoms with Crippen molar-refractivity contribution in [3.8, 4) is 0 Å². The van der Waals surface area contributed by atoms with Gasteiger partial charge in [-0.1, -0.05) is 19.3 Å². The molecule has 10 heavy (non-hydrogen) atoms. The SMILES string of the molecule is O=C(O)C1CCCCC1.[Ag]. The molecule has 1 saturated carbocycles. The number of carboxylic acid groups (broad SMARTS) is 1. The average molecular weight is 236 g/mol. The van der Waals surface area contributed by atoms with Gasteiger partial charge in [-0.15, -0.1) is 0 Å². The summed E-state index contributed by atoms with van der Waals surface area (Å²) in [5, 5.41) is 8.54. The van der Waals surface area contributed by atoms with E-state index in [1.165, 1.54) is 6.42 Å². The van der Waals surface area contributed by atoms with Crippen LogP contribution in [-0.2, 0) is 27.2 Å². The van der Waals surface area contributed by atoms with E-state index in [1.54, 1.807) is 0 Å². The van der Waals surface area contributed by atoms with Crippen molar-refractivity contribution < 1.29 is 32.3 Å². The first kappa shape index (κ1) is 10.2. The molecule has 1 N–H and O–H groups in total. The molecule has 1 rings (SSSR count). The van der Waals surface area contributed by atoms with Gasteiger partial charge in [0.1, 0.15) is 0 Å². The van der Waals surface area contributed by atoms with Crippen LogP contribution in [0.15, 0.2) is 0 Å². The van der Waals surface area contributed by atoms with Gasteiger partial charge in [0.25, 0.3) is 0 Å². The quantitative estimate of drug-likeness (QED) is 0.703. The largest absolute Gasteiger partial charge is 0.481 e. The zero-order valence-electron chi connectivity index (χ0n) is 5.77. The maximum Gasteiger partial charge on any atom is 0.306 e. The van der Waals surface area contributed by atoms with Gasteiger partial charge in [0, 0.05) is 22.4 Å². The molecule has 0 saturated heterocycles. The summed E-state index contributed by atoms with van der Waals surface area (Å²) >= 11 is 0. The normalized spacial score (nSPS) is 19.6. The van der Waals surface area contributed by atoms with Crippen molar-refractivity contribution in [1.29, 1.82) is 0 Å². The van der Waals surface area contributed by atoms with Crippen molar-refractivity contribution in [1.82, 2.24) is 0 Å². The Labute approximate surface area is 76.5 Å². The minimum Gasteiger partial charge on any atom is -0.481 e. The van der Waals surface area contributed by atoms with Gasteiger partial charge in [-0.2, -0.15) is 0 Å². The van der Waals surface area contributed by atoms with E-state index in [9.17, 15) is 4.79 Å². The molecule has 0 unspecified atom stereocenters.